The van der Waals surface area contributed by atoms with Gasteiger partial charge in [-0.05, 0) is 5.25 Å². The Balaban J connectivity index is 3.91. The third-order valence-corrected chi connectivity index (χ3v) is 2.73. The van der Waals surface area contributed by atoms with Crippen molar-refractivity contribution in [3.8, 4) is 0 Å². The summed E-state index contributed by atoms with van der Waals surface area (Å²) in [5.74, 6) is -0.337. The van der Waals surface area contributed by atoms with Gasteiger partial charge in [-0.3, -0.25) is 4.79 Å². The molecule has 0 rings (SSSR count). The molecule has 72 valence electrons. The van der Waals surface area contributed by atoms with E-state index in [2.05, 4.69) is 18.6 Å². The van der Waals surface area contributed by atoms with Crippen molar-refractivity contribution in [2.45, 2.75) is 37.3 Å². The summed E-state index contributed by atoms with van der Waals surface area (Å²) in [4.78, 5) is 11.0. The smallest absolute Gasteiger partial charge is 0.323 e. The maximum Gasteiger partial charge on any atom is 0.323 e. The van der Waals surface area contributed by atoms with Crippen LogP contribution in [0.3, 0.4) is 0 Å². The summed E-state index contributed by atoms with van der Waals surface area (Å²) < 4.78 is 4.54. The van der Waals surface area contributed by atoms with Crippen LogP contribution in [0.25, 0.3) is 0 Å². The lowest BCUT2D eigenvalue weighted by molar-refractivity contribution is -0.142. The maximum absolute atomic E-state index is 11.0. The van der Waals surface area contributed by atoms with Crippen LogP contribution < -0.4 is 5.73 Å². The predicted molar refractivity (Wildman–Crippen MR) is 52.2 cm³/mol. The summed E-state index contributed by atoms with van der Waals surface area (Å²) in [6.07, 6.45) is 0. The number of esters is 1. The maximum atomic E-state index is 11.0. The van der Waals surface area contributed by atoms with Gasteiger partial charge in [-0.15, -0.1) is 0 Å². The minimum atomic E-state index is -0.512. The Hall–Kier alpha value is -0.220. The molecule has 0 fully saturated rings. The minimum Gasteiger partial charge on any atom is -0.468 e. The first-order valence-electron chi connectivity index (χ1n) is 3.98. The Morgan fingerprint density at radius 3 is 2.25 bits per heavy atom. The number of methoxy groups -OCH3 is 1. The normalized spacial score (nSPS) is 15.8. The lowest BCUT2D eigenvalue weighted by Crippen LogP contribution is -2.40. The molecule has 0 saturated heterocycles. The molecular formula is C8H17NO2S. The molecule has 2 unspecified atom stereocenters. The van der Waals surface area contributed by atoms with E-state index < -0.39 is 6.04 Å². The third kappa shape index (κ3) is 3.97. The molecule has 4 heteroatoms. The van der Waals surface area contributed by atoms with E-state index in [0.717, 1.165) is 0 Å². The monoisotopic (exact) mass is 191 g/mol. The second-order valence-corrected chi connectivity index (χ2v) is 4.90. The zero-order valence-corrected chi connectivity index (χ0v) is 8.85. The standard InChI is InChI=1S/C8H17NO2S/c1-5(2)12-6(3)7(9)8(10)11-4/h5-7H,9H2,1-4H3. The van der Waals surface area contributed by atoms with Gasteiger partial charge in [0.15, 0.2) is 0 Å². The van der Waals surface area contributed by atoms with E-state index in [9.17, 15) is 4.79 Å². The second kappa shape index (κ2) is 5.43. The fraction of sp³-hybridized carbons (Fsp3) is 0.875. The summed E-state index contributed by atoms with van der Waals surface area (Å²) in [5, 5.41) is 0.591. The molecule has 0 aromatic heterocycles. The van der Waals surface area contributed by atoms with Crippen LogP contribution in [0.2, 0.25) is 0 Å². The average Bonchev–Trinajstić information content (AvgIpc) is 2.00. The number of nitrogens with two attached hydrogens (primary N) is 1. The van der Waals surface area contributed by atoms with Crippen molar-refractivity contribution in [1.82, 2.24) is 0 Å². The van der Waals surface area contributed by atoms with Gasteiger partial charge in [-0.25, -0.2) is 0 Å². The molecule has 0 aliphatic heterocycles. The highest BCUT2D eigenvalue weighted by molar-refractivity contribution is 8.00. The van der Waals surface area contributed by atoms with E-state index in [1.165, 1.54) is 7.11 Å². The number of hydrogen-bond donors (Lipinski definition) is 1. The molecule has 0 bridgehead atoms. The Bertz CT molecular complexity index is 150. The molecule has 0 amide bonds. The molecule has 0 aliphatic carbocycles. The molecule has 2 atom stereocenters. The van der Waals surface area contributed by atoms with Crippen molar-refractivity contribution < 1.29 is 9.53 Å². The highest BCUT2D eigenvalue weighted by Crippen LogP contribution is 2.19. The molecule has 3 nitrogen and oxygen atoms in total. The molecule has 0 aliphatic rings. The first-order valence-corrected chi connectivity index (χ1v) is 4.92. The number of hydrogen-bond acceptors (Lipinski definition) is 4. The summed E-state index contributed by atoms with van der Waals surface area (Å²) in [6.45, 7) is 6.09. The molecule has 0 aromatic rings. The summed E-state index contributed by atoms with van der Waals surface area (Å²) in [5.41, 5.74) is 5.62. The van der Waals surface area contributed by atoms with E-state index in [1.807, 2.05) is 6.92 Å². The van der Waals surface area contributed by atoms with Crippen molar-refractivity contribution in [3.05, 3.63) is 0 Å². The van der Waals surface area contributed by atoms with Gasteiger partial charge in [0.25, 0.3) is 0 Å². The fourth-order valence-electron chi connectivity index (χ4n) is 0.842. The molecule has 0 aromatic carbocycles. The average molecular weight is 191 g/mol. The van der Waals surface area contributed by atoms with Crippen molar-refractivity contribution in [3.63, 3.8) is 0 Å². The van der Waals surface area contributed by atoms with Gasteiger partial charge in [0.05, 0.1) is 7.11 Å². The van der Waals surface area contributed by atoms with Gasteiger partial charge >= 0.3 is 5.97 Å². The molecule has 2 N–H and O–H groups in total. The van der Waals surface area contributed by atoms with E-state index >= 15 is 0 Å². The predicted octanol–water partition coefficient (Wildman–Crippen LogP) is 1.02. The van der Waals surface area contributed by atoms with Crippen LogP contribution in [-0.4, -0.2) is 29.6 Å². The van der Waals surface area contributed by atoms with Crippen molar-refractivity contribution >= 4 is 17.7 Å². The van der Waals surface area contributed by atoms with Crippen molar-refractivity contribution in [2.75, 3.05) is 7.11 Å². The number of ether oxygens (including phenoxy) is 1. The van der Waals surface area contributed by atoms with Gasteiger partial charge in [-0.2, -0.15) is 11.8 Å². The van der Waals surface area contributed by atoms with Crippen molar-refractivity contribution in [2.24, 2.45) is 5.73 Å². The zero-order valence-electron chi connectivity index (χ0n) is 8.03. The van der Waals surface area contributed by atoms with Gasteiger partial charge in [0, 0.05) is 5.25 Å². The molecule has 0 radical (unpaired) electrons. The van der Waals surface area contributed by atoms with Crippen LogP contribution in [0.1, 0.15) is 20.8 Å². The second-order valence-electron chi connectivity index (χ2n) is 2.94. The van der Waals surface area contributed by atoms with Crippen LogP contribution in [0.5, 0.6) is 0 Å². The number of carbonyl (C=O) groups is 1. The SMILES string of the molecule is COC(=O)C(N)C(C)SC(C)C. The fourth-order valence-corrected chi connectivity index (χ4v) is 1.98. The lowest BCUT2D eigenvalue weighted by Gasteiger charge is -2.18. The Labute approximate surface area is 78.0 Å². The largest absolute Gasteiger partial charge is 0.468 e. The first kappa shape index (κ1) is 11.8. The third-order valence-electron chi connectivity index (χ3n) is 1.47. The van der Waals surface area contributed by atoms with Gasteiger partial charge < -0.3 is 10.5 Å². The molecule has 0 heterocycles. The van der Waals surface area contributed by atoms with Crippen molar-refractivity contribution in [1.29, 1.82) is 0 Å². The topological polar surface area (TPSA) is 52.3 Å². The highest BCUT2D eigenvalue weighted by Gasteiger charge is 2.22. The van der Waals surface area contributed by atoms with Gasteiger partial charge in [-0.1, -0.05) is 20.8 Å². The van der Waals surface area contributed by atoms with E-state index in [-0.39, 0.29) is 11.2 Å². The number of rotatable bonds is 4. The van der Waals surface area contributed by atoms with E-state index in [0.29, 0.717) is 5.25 Å². The van der Waals surface area contributed by atoms with Crippen LogP contribution in [-0.2, 0) is 9.53 Å². The van der Waals surface area contributed by atoms with Crippen LogP contribution in [0.4, 0.5) is 0 Å². The van der Waals surface area contributed by atoms with E-state index in [4.69, 9.17) is 5.73 Å². The first-order chi connectivity index (χ1) is 5.49. The Morgan fingerprint density at radius 2 is 1.92 bits per heavy atom. The zero-order chi connectivity index (χ0) is 9.72. The Kier molecular flexibility index (Phi) is 5.33. The lowest BCUT2D eigenvalue weighted by atomic mass is 10.2. The Morgan fingerprint density at radius 1 is 1.42 bits per heavy atom. The molecule has 12 heavy (non-hydrogen) atoms. The van der Waals surface area contributed by atoms with Crippen LogP contribution in [0, 0.1) is 0 Å². The molecule has 0 spiro atoms. The summed E-state index contributed by atoms with van der Waals surface area (Å²) in [6, 6.07) is -0.512. The number of carbonyl (C=O) groups excluding carboxylic acids is 1. The summed E-state index contributed by atoms with van der Waals surface area (Å²) >= 11 is 1.68. The number of thioether (sulfide) groups is 1. The van der Waals surface area contributed by atoms with Gasteiger partial charge in [0.2, 0.25) is 0 Å². The quantitative estimate of drug-likeness (QED) is 0.674. The molecular weight excluding hydrogens is 174 g/mol. The highest BCUT2D eigenvalue weighted by atomic mass is 32.2. The van der Waals surface area contributed by atoms with Gasteiger partial charge in [0.1, 0.15) is 6.04 Å². The van der Waals surface area contributed by atoms with Crippen LogP contribution >= 0.6 is 11.8 Å². The van der Waals surface area contributed by atoms with Crippen LogP contribution in [0.15, 0.2) is 0 Å². The molecule has 0 saturated carbocycles. The van der Waals surface area contributed by atoms with E-state index in [1.54, 1.807) is 11.8 Å². The summed E-state index contributed by atoms with van der Waals surface area (Å²) in [7, 11) is 1.36. The minimum absolute atomic E-state index is 0.109.